The van der Waals surface area contributed by atoms with Crippen LogP contribution in [0.15, 0.2) is 18.2 Å². The Morgan fingerprint density at radius 2 is 2.05 bits per heavy atom. The zero-order valence-corrected chi connectivity index (χ0v) is 10.3. The highest BCUT2D eigenvalue weighted by Crippen LogP contribution is 2.35. The second kappa shape index (κ2) is 5.92. The third kappa shape index (κ3) is 3.60. The zero-order chi connectivity index (χ0) is 14.6. The number of halogens is 3. The lowest BCUT2D eigenvalue weighted by Crippen LogP contribution is -2.16. The van der Waals surface area contributed by atoms with Crippen LogP contribution in [0.5, 0.6) is 5.75 Å². The summed E-state index contributed by atoms with van der Waals surface area (Å²) in [4.78, 5) is 11.3. The van der Waals surface area contributed by atoms with Crippen LogP contribution in [0.3, 0.4) is 0 Å². The smallest absolute Gasteiger partial charge is 0.416 e. The van der Waals surface area contributed by atoms with Gasteiger partial charge in [-0.25, -0.2) is 4.79 Å². The van der Waals surface area contributed by atoms with Crippen LogP contribution in [-0.4, -0.2) is 24.8 Å². The number of aliphatic hydroxyl groups excluding tert-OH is 1. The third-order valence-corrected chi connectivity index (χ3v) is 2.37. The molecular formula is C12H13F3O4. The molecule has 0 aromatic heterocycles. The number of ether oxygens (including phenoxy) is 2. The van der Waals surface area contributed by atoms with E-state index in [0.29, 0.717) is 0 Å². The summed E-state index contributed by atoms with van der Waals surface area (Å²) in [6.07, 6.45) is -6.21. The van der Waals surface area contributed by atoms with Crippen LogP contribution in [-0.2, 0) is 15.7 Å². The molecule has 1 N–H and O–H groups in total. The van der Waals surface area contributed by atoms with Gasteiger partial charge in [0.25, 0.3) is 0 Å². The van der Waals surface area contributed by atoms with E-state index in [1.165, 1.54) is 0 Å². The minimum atomic E-state index is -4.53. The van der Waals surface area contributed by atoms with Crippen molar-refractivity contribution in [1.29, 1.82) is 0 Å². The molecule has 0 radical (unpaired) electrons. The molecule has 19 heavy (non-hydrogen) atoms. The Labute approximate surface area is 107 Å². The van der Waals surface area contributed by atoms with Gasteiger partial charge >= 0.3 is 12.1 Å². The number of esters is 1. The topological polar surface area (TPSA) is 55.8 Å². The number of carbonyl (C=O) groups is 1. The van der Waals surface area contributed by atoms with Crippen LogP contribution in [0.25, 0.3) is 0 Å². The molecule has 0 aliphatic rings. The summed E-state index contributed by atoms with van der Waals surface area (Å²) in [7, 11) is 1.15. The summed E-state index contributed by atoms with van der Waals surface area (Å²) < 4.78 is 46.9. The molecule has 1 rings (SSSR count). The molecule has 4 nitrogen and oxygen atoms in total. The summed E-state index contributed by atoms with van der Waals surface area (Å²) in [6, 6.07) is 2.47. The zero-order valence-electron chi connectivity index (χ0n) is 10.3. The molecule has 0 aliphatic heterocycles. The Balaban J connectivity index is 3.12. The number of methoxy groups -OCH3 is 1. The molecule has 0 saturated carbocycles. The summed E-state index contributed by atoms with van der Waals surface area (Å²) in [5, 5.41) is 9.69. The molecule has 0 bridgehead atoms. The molecule has 0 heterocycles. The lowest BCUT2D eigenvalue weighted by molar-refractivity contribution is -0.153. The Morgan fingerprint density at radius 3 is 2.53 bits per heavy atom. The normalized spacial score (nSPS) is 12.9. The molecular weight excluding hydrogens is 265 g/mol. The molecule has 1 aromatic carbocycles. The average Bonchev–Trinajstić information content (AvgIpc) is 2.36. The predicted octanol–water partition coefficient (Wildman–Crippen LogP) is 2.31. The van der Waals surface area contributed by atoms with Gasteiger partial charge in [-0.1, -0.05) is 6.07 Å². The van der Waals surface area contributed by atoms with Gasteiger partial charge in [-0.3, -0.25) is 0 Å². The highest BCUT2D eigenvalue weighted by atomic mass is 19.4. The second-order valence-electron chi connectivity index (χ2n) is 3.61. The Bertz CT molecular complexity index is 457. The van der Waals surface area contributed by atoms with Crippen molar-refractivity contribution in [2.24, 2.45) is 0 Å². The fraction of sp³-hybridized carbons (Fsp3) is 0.417. The largest absolute Gasteiger partial charge is 0.496 e. The molecule has 0 spiro atoms. The number of hydrogen-bond donors (Lipinski definition) is 1. The summed E-state index contributed by atoms with van der Waals surface area (Å²) in [5.41, 5.74) is -1.00. The molecule has 7 heteroatoms. The van der Waals surface area contributed by atoms with E-state index in [0.717, 1.165) is 25.3 Å². The Kier molecular flexibility index (Phi) is 4.77. The molecule has 1 unspecified atom stereocenters. The van der Waals surface area contributed by atoms with Crippen molar-refractivity contribution < 1.29 is 32.5 Å². The first-order valence-corrected chi connectivity index (χ1v) is 5.41. The first-order chi connectivity index (χ1) is 8.81. The van der Waals surface area contributed by atoms with Gasteiger partial charge < -0.3 is 14.6 Å². The van der Waals surface area contributed by atoms with Crippen LogP contribution in [0.2, 0.25) is 0 Å². The lowest BCUT2D eigenvalue weighted by Gasteiger charge is -2.15. The lowest BCUT2D eigenvalue weighted by atomic mass is 10.0. The number of benzene rings is 1. The van der Waals surface area contributed by atoms with E-state index in [-0.39, 0.29) is 17.9 Å². The van der Waals surface area contributed by atoms with Crippen molar-refractivity contribution in [3.8, 4) is 5.75 Å². The van der Waals surface area contributed by atoms with E-state index in [9.17, 15) is 23.1 Å². The van der Waals surface area contributed by atoms with Crippen LogP contribution in [0, 0.1) is 0 Å². The first-order valence-electron chi connectivity index (χ1n) is 5.41. The van der Waals surface area contributed by atoms with Crippen molar-refractivity contribution in [3.63, 3.8) is 0 Å². The van der Waals surface area contributed by atoms with Crippen LogP contribution in [0.4, 0.5) is 13.2 Å². The summed E-state index contributed by atoms with van der Waals surface area (Å²) >= 11 is 0. The SMILES string of the molecule is CCOC(=O)C(O)c1ccc(C(F)(F)F)cc1OC. The summed E-state index contributed by atoms with van der Waals surface area (Å²) in [6.45, 7) is 1.60. The molecule has 0 saturated heterocycles. The van der Waals surface area contributed by atoms with Gasteiger partial charge in [0.05, 0.1) is 19.3 Å². The van der Waals surface area contributed by atoms with Crippen molar-refractivity contribution in [3.05, 3.63) is 29.3 Å². The van der Waals surface area contributed by atoms with E-state index in [1.807, 2.05) is 0 Å². The quantitative estimate of drug-likeness (QED) is 0.859. The molecule has 106 valence electrons. The maximum atomic E-state index is 12.5. The Hall–Kier alpha value is -1.76. The van der Waals surface area contributed by atoms with Gasteiger partial charge in [-0.2, -0.15) is 13.2 Å². The van der Waals surface area contributed by atoms with Crippen molar-refractivity contribution >= 4 is 5.97 Å². The Morgan fingerprint density at radius 1 is 1.42 bits per heavy atom. The predicted molar refractivity (Wildman–Crippen MR) is 59.6 cm³/mol. The molecule has 1 aromatic rings. The molecule has 0 aliphatic carbocycles. The second-order valence-corrected chi connectivity index (χ2v) is 3.61. The van der Waals surface area contributed by atoms with Gasteiger partial charge in [0.1, 0.15) is 5.75 Å². The van der Waals surface area contributed by atoms with Crippen molar-refractivity contribution in [1.82, 2.24) is 0 Å². The third-order valence-electron chi connectivity index (χ3n) is 2.37. The number of rotatable bonds is 4. The maximum absolute atomic E-state index is 12.5. The van der Waals surface area contributed by atoms with Gasteiger partial charge in [0, 0.05) is 5.56 Å². The van der Waals surface area contributed by atoms with Gasteiger partial charge in [0.2, 0.25) is 0 Å². The standard InChI is InChI=1S/C12H13F3O4/c1-3-19-11(17)10(16)8-5-4-7(12(13,14)15)6-9(8)18-2/h4-6,10,16H,3H2,1-2H3. The number of alkyl halides is 3. The fourth-order valence-electron chi connectivity index (χ4n) is 1.46. The van der Waals surface area contributed by atoms with E-state index in [2.05, 4.69) is 4.74 Å². The van der Waals surface area contributed by atoms with Crippen LogP contribution in [0.1, 0.15) is 24.2 Å². The van der Waals surface area contributed by atoms with E-state index >= 15 is 0 Å². The minimum Gasteiger partial charge on any atom is -0.496 e. The highest BCUT2D eigenvalue weighted by molar-refractivity contribution is 5.77. The molecule has 0 amide bonds. The van der Waals surface area contributed by atoms with E-state index in [4.69, 9.17) is 4.74 Å². The van der Waals surface area contributed by atoms with E-state index < -0.39 is 23.8 Å². The van der Waals surface area contributed by atoms with Gasteiger partial charge in [0.15, 0.2) is 6.10 Å². The first kappa shape index (κ1) is 15.3. The van der Waals surface area contributed by atoms with Gasteiger partial charge in [-0.15, -0.1) is 0 Å². The minimum absolute atomic E-state index is 0.0544. The highest BCUT2D eigenvalue weighted by Gasteiger charge is 2.32. The molecule has 0 fully saturated rings. The van der Waals surface area contributed by atoms with Crippen LogP contribution >= 0.6 is 0 Å². The van der Waals surface area contributed by atoms with Crippen molar-refractivity contribution in [2.75, 3.05) is 13.7 Å². The number of aliphatic hydroxyl groups is 1. The van der Waals surface area contributed by atoms with Crippen LogP contribution < -0.4 is 4.74 Å². The van der Waals surface area contributed by atoms with E-state index in [1.54, 1.807) is 6.92 Å². The van der Waals surface area contributed by atoms with Crippen molar-refractivity contribution in [2.45, 2.75) is 19.2 Å². The monoisotopic (exact) mass is 278 g/mol. The van der Waals surface area contributed by atoms with Gasteiger partial charge in [-0.05, 0) is 19.1 Å². The number of hydrogen-bond acceptors (Lipinski definition) is 4. The average molecular weight is 278 g/mol. The maximum Gasteiger partial charge on any atom is 0.416 e. The fourth-order valence-corrected chi connectivity index (χ4v) is 1.46. The molecule has 1 atom stereocenters. The summed E-state index contributed by atoms with van der Waals surface area (Å²) in [5.74, 6) is -1.17. The number of carbonyl (C=O) groups excluding carboxylic acids is 1.